The fourth-order valence-electron chi connectivity index (χ4n) is 2.02. The summed E-state index contributed by atoms with van der Waals surface area (Å²) in [5.41, 5.74) is 1.18. The third-order valence-corrected chi connectivity index (χ3v) is 3.05. The molecule has 0 fully saturated rings. The molecular weight excluding hydrogens is 266 g/mol. The highest BCUT2D eigenvalue weighted by Gasteiger charge is 2.11. The van der Waals surface area contributed by atoms with Gasteiger partial charge in [-0.1, -0.05) is 32.9 Å². The van der Waals surface area contributed by atoms with Gasteiger partial charge in [-0.25, -0.2) is 0 Å². The molecule has 1 rings (SSSR count). The van der Waals surface area contributed by atoms with Crippen LogP contribution in [0.15, 0.2) is 24.3 Å². The van der Waals surface area contributed by atoms with Crippen molar-refractivity contribution in [2.75, 3.05) is 40.1 Å². The van der Waals surface area contributed by atoms with E-state index in [9.17, 15) is 0 Å². The van der Waals surface area contributed by atoms with Crippen LogP contribution >= 0.6 is 0 Å². The molecule has 0 amide bonds. The van der Waals surface area contributed by atoms with Crippen LogP contribution in [0.2, 0.25) is 0 Å². The van der Waals surface area contributed by atoms with Gasteiger partial charge in [0.1, 0.15) is 5.75 Å². The third-order valence-electron chi connectivity index (χ3n) is 3.05. The molecule has 0 aliphatic rings. The van der Waals surface area contributed by atoms with Crippen molar-refractivity contribution in [2.45, 2.75) is 26.8 Å². The number of hydrogen-bond acceptors (Lipinski definition) is 4. The molecule has 4 nitrogen and oxygen atoms in total. The lowest BCUT2D eigenvalue weighted by Gasteiger charge is -2.19. The van der Waals surface area contributed by atoms with Gasteiger partial charge in [0, 0.05) is 6.61 Å². The molecule has 1 unspecified atom stereocenters. The number of methoxy groups -OCH3 is 1. The number of likely N-dealkylation sites (N-methyl/N-ethyl adjacent to an activating group) is 1. The number of hydrogen-bond donors (Lipinski definition) is 1. The van der Waals surface area contributed by atoms with Crippen molar-refractivity contribution < 1.29 is 14.2 Å². The Balaban J connectivity index is 2.39. The Morgan fingerprint density at radius 3 is 2.43 bits per heavy atom. The zero-order chi connectivity index (χ0) is 15.5. The van der Waals surface area contributed by atoms with E-state index in [1.165, 1.54) is 5.56 Å². The second kappa shape index (κ2) is 10.6. The van der Waals surface area contributed by atoms with Gasteiger partial charge in [-0.05, 0) is 30.2 Å². The number of benzene rings is 1. The molecule has 1 N–H and O–H groups in total. The Kier molecular flexibility index (Phi) is 9.06. The second-order valence-corrected chi connectivity index (χ2v) is 5.43. The van der Waals surface area contributed by atoms with Crippen LogP contribution in [0.1, 0.15) is 32.4 Å². The van der Waals surface area contributed by atoms with Gasteiger partial charge in [0.15, 0.2) is 0 Å². The van der Waals surface area contributed by atoms with Gasteiger partial charge in [-0.3, -0.25) is 0 Å². The minimum atomic E-state index is 0.176. The zero-order valence-electron chi connectivity index (χ0n) is 13.7. The molecule has 0 aliphatic carbocycles. The highest BCUT2D eigenvalue weighted by atomic mass is 16.5. The summed E-state index contributed by atoms with van der Waals surface area (Å²) >= 11 is 0. The first-order valence-corrected chi connectivity index (χ1v) is 7.70. The molecule has 0 saturated carbocycles. The Morgan fingerprint density at radius 1 is 1.10 bits per heavy atom. The van der Waals surface area contributed by atoms with Crippen molar-refractivity contribution in [3.63, 3.8) is 0 Å². The van der Waals surface area contributed by atoms with Crippen LogP contribution < -0.4 is 10.1 Å². The molecule has 0 aliphatic heterocycles. The standard InChI is InChI=1S/C17H29NO3/c1-5-18-17(13-21-10-9-20-12-14(2)3)15-7-6-8-16(11-15)19-4/h6-8,11,14,17-18H,5,9-10,12-13H2,1-4H3. The SMILES string of the molecule is CCNC(COCCOCC(C)C)c1cccc(OC)c1. The first kappa shape index (κ1) is 18.0. The molecule has 1 atom stereocenters. The smallest absolute Gasteiger partial charge is 0.119 e. The van der Waals surface area contributed by atoms with Crippen LogP contribution in [0, 0.1) is 5.92 Å². The van der Waals surface area contributed by atoms with Crippen LogP contribution in [-0.4, -0.2) is 40.1 Å². The Bertz CT molecular complexity index is 382. The van der Waals surface area contributed by atoms with Crippen LogP contribution in [0.5, 0.6) is 5.75 Å². The van der Waals surface area contributed by atoms with E-state index in [2.05, 4.69) is 32.2 Å². The monoisotopic (exact) mass is 295 g/mol. The largest absolute Gasteiger partial charge is 0.497 e. The molecule has 0 aromatic heterocycles. The number of nitrogens with one attached hydrogen (secondary N) is 1. The molecule has 0 spiro atoms. The maximum atomic E-state index is 5.73. The molecule has 0 radical (unpaired) electrons. The fraction of sp³-hybridized carbons (Fsp3) is 0.647. The number of rotatable bonds is 11. The average molecular weight is 295 g/mol. The van der Waals surface area contributed by atoms with E-state index in [1.807, 2.05) is 18.2 Å². The highest BCUT2D eigenvalue weighted by Crippen LogP contribution is 2.19. The van der Waals surface area contributed by atoms with E-state index in [0.29, 0.717) is 25.7 Å². The molecule has 1 aromatic carbocycles. The summed E-state index contributed by atoms with van der Waals surface area (Å²) in [6.45, 7) is 9.97. The summed E-state index contributed by atoms with van der Waals surface area (Å²) in [5, 5.41) is 3.44. The first-order chi connectivity index (χ1) is 10.2. The van der Waals surface area contributed by atoms with Crippen molar-refractivity contribution >= 4 is 0 Å². The summed E-state index contributed by atoms with van der Waals surface area (Å²) in [5.74, 6) is 1.44. The predicted octanol–water partition coefficient (Wildman–Crippen LogP) is 3.04. The van der Waals surface area contributed by atoms with E-state index in [4.69, 9.17) is 14.2 Å². The van der Waals surface area contributed by atoms with Gasteiger partial charge in [0.2, 0.25) is 0 Å². The van der Waals surface area contributed by atoms with E-state index >= 15 is 0 Å². The van der Waals surface area contributed by atoms with Gasteiger partial charge in [-0.15, -0.1) is 0 Å². The predicted molar refractivity (Wildman–Crippen MR) is 85.9 cm³/mol. The van der Waals surface area contributed by atoms with Crippen molar-refractivity contribution in [1.29, 1.82) is 0 Å². The lowest BCUT2D eigenvalue weighted by Crippen LogP contribution is -2.26. The highest BCUT2D eigenvalue weighted by molar-refractivity contribution is 5.30. The normalized spacial score (nSPS) is 12.6. The van der Waals surface area contributed by atoms with Gasteiger partial charge >= 0.3 is 0 Å². The molecule has 0 saturated heterocycles. The van der Waals surface area contributed by atoms with Crippen LogP contribution in [-0.2, 0) is 9.47 Å². The van der Waals surface area contributed by atoms with Crippen LogP contribution in [0.3, 0.4) is 0 Å². The van der Waals surface area contributed by atoms with Crippen molar-refractivity contribution in [1.82, 2.24) is 5.32 Å². The molecule has 21 heavy (non-hydrogen) atoms. The van der Waals surface area contributed by atoms with Crippen molar-refractivity contribution in [3.05, 3.63) is 29.8 Å². The first-order valence-electron chi connectivity index (χ1n) is 7.70. The molecule has 0 bridgehead atoms. The Labute approximate surface area is 128 Å². The summed E-state index contributed by atoms with van der Waals surface area (Å²) in [6, 6.07) is 8.27. The molecule has 1 aromatic rings. The Morgan fingerprint density at radius 2 is 1.81 bits per heavy atom. The maximum absolute atomic E-state index is 5.73. The van der Waals surface area contributed by atoms with Gasteiger partial charge in [0.05, 0.1) is 33.0 Å². The fourth-order valence-corrected chi connectivity index (χ4v) is 2.02. The van der Waals surface area contributed by atoms with Crippen LogP contribution in [0.4, 0.5) is 0 Å². The lowest BCUT2D eigenvalue weighted by atomic mass is 10.1. The molecule has 0 heterocycles. The quantitative estimate of drug-likeness (QED) is 0.637. The van der Waals surface area contributed by atoms with E-state index in [0.717, 1.165) is 18.9 Å². The second-order valence-electron chi connectivity index (χ2n) is 5.43. The zero-order valence-corrected chi connectivity index (χ0v) is 13.7. The van der Waals surface area contributed by atoms with Gasteiger partial charge in [-0.2, -0.15) is 0 Å². The Hall–Kier alpha value is -1.10. The summed E-state index contributed by atoms with van der Waals surface area (Å²) < 4.78 is 16.5. The summed E-state index contributed by atoms with van der Waals surface area (Å²) in [6.07, 6.45) is 0. The van der Waals surface area contributed by atoms with Gasteiger partial charge in [0.25, 0.3) is 0 Å². The molecule has 120 valence electrons. The minimum absolute atomic E-state index is 0.176. The lowest BCUT2D eigenvalue weighted by molar-refractivity contribution is 0.0304. The molecule has 4 heteroatoms. The van der Waals surface area contributed by atoms with E-state index in [-0.39, 0.29) is 6.04 Å². The van der Waals surface area contributed by atoms with E-state index < -0.39 is 0 Å². The minimum Gasteiger partial charge on any atom is -0.497 e. The maximum Gasteiger partial charge on any atom is 0.119 e. The van der Waals surface area contributed by atoms with Crippen molar-refractivity contribution in [2.24, 2.45) is 5.92 Å². The van der Waals surface area contributed by atoms with Crippen molar-refractivity contribution in [3.8, 4) is 5.75 Å². The van der Waals surface area contributed by atoms with Crippen LogP contribution in [0.25, 0.3) is 0 Å². The summed E-state index contributed by atoms with van der Waals surface area (Å²) in [7, 11) is 1.68. The summed E-state index contributed by atoms with van der Waals surface area (Å²) in [4.78, 5) is 0. The van der Waals surface area contributed by atoms with Gasteiger partial charge < -0.3 is 19.5 Å². The third kappa shape index (κ3) is 7.46. The molecular formula is C17H29NO3. The average Bonchev–Trinajstić information content (AvgIpc) is 2.49. The topological polar surface area (TPSA) is 39.7 Å². The number of ether oxygens (including phenoxy) is 3. The van der Waals surface area contributed by atoms with E-state index in [1.54, 1.807) is 7.11 Å².